The SMILES string of the molecule is C[C@H](c1ccccc1)P(=O)(c1ccccc1)c1ccccc1. The Morgan fingerprint density at radius 1 is 0.636 bits per heavy atom. The van der Waals surface area contributed by atoms with Crippen LogP contribution in [0.3, 0.4) is 0 Å². The van der Waals surface area contributed by atoms with Crippen molar-refractivity contribution in [1.29, 1.82) is 0 Å². The Kier molecular flexibility index (Phi) is 4.27. The van der Waals surface area contributed by atoms with E-state index in [4.69, 9.17) is 0 Å². The molecule has 0 N–H and O–H groups in total. The zero-order chi connectivity index (χ0) is 15.4. The predicted molar refractivity (Wildman–Crippen MR) is 94.6 cm³/mol. The minimum absolute atomic E-state index is 0.0569. The molecule has 0 aliphatic carbocycles. The maximum Gasteiger partial charge on any atom is 0.150 e. The first-order valence-electron chi connectivity index (χ1n) is 7.49. The minimum atomic E-state index is -2.74. The molecule has 110 valence electrons. The summed E-state index contributed by atoms with van der Waals surface area (Å²) in [6, 6.07) is 29.8. The molecule has 0 saturated carbocycles. The highest BCUT2D eigenvalue weighted by atomic mass is 31.2. The molecule has 0 fully saturated rings. The lowest BCUT2D eigenvalue weighted by Gasteiger charge is -2.26. The fourth-order valence-electron chi connectivity index (χ4n) is 2.84. The number of hydrogen-bond acceptors (Lipinski definition) is 1. The molecule has 0 amide bonds. The molecule has 0 radical (unpaired) electrons. The summed E-state index contributed by atoms with van der Waals surface area (Å²) >= 11 is 0. The average Bonchev–Trinajstić information content (AvgIpc) is 2.62. The van der Waals surface area contributed by atoms with Gasteiger partial charge in [0.15, 0.2) is 0 Å². The van der Waals surface area contributed by atoms with Crippen molar-refractivity contribution in [1.82, 2.24) is 0 Å². The molecule has 0 aliphatic heterocycles. The molecule has 0 unspecified atom stereocenters. The van der Waals surface area contributed by atoms with Crippen molar-refractivity contribution < 1.29 is 4.57 Å². The molecule has 0 saturated heterocycles. The van der Waals surface area contributed by atoms with Crippen molar-refractivity contribution in [2.75, 3.05) is 0 Å². The van der Waals surface area contributed by atoms with Gasteiger partial charge in [-0.1, -0.05) is 97.9 Å². The van der Waals surface area contributed by atoms with Gasteiger partial charge in [-0.15, -0.1) is 0 Å². The fourth-order valence-corrected chi connectivity index (χ4v) is 5.85. The molecule has 1 atom stereocenters. The molecule has 0 aliphatic rings. The summed E-state index contributed by atoms with van der Waals surface area (Å²) in [4.78, 5) is 0. The predicted octanol–water partition coefficient (Wildman–Crippen LogP) is 4.76. The van der Waals surface area contributed by atoms with Gasteiger partial charge in [-0.25, -0.2) is 0 Å². The van der Waals surface area contributed by atoms with Crippen LogP contribution in [0.4, 0.5) is 0 Å². The van der Waals surface area contributed by atoms with Crippen molar-refractivity contribution in [3.8, 4) is 0 Å². The quantitative estimate of drug-likeness (QED) is 0.635. The smallest absolute Gasteiger partial charge is 0.150 e. The van der Waals surface area contributed by atoms with Crippen molar-refractivity contribution in [2.45, 2.75) is 12.6 Å². The molecule has 0 spiro atoms. The topological polar surface area (TPSA) is 17.1 Å². The monoisotopic (exact) mass is 306 g/mol. The van der Waals surface area contributed by atoms with Crippen LogP contribution in [0.25, 0.3) is 0 Å². The van der Waals surface area contributed by atoms with Crippen LogP contribution in [-0.2, 0) is 4.57 Å². The largest absolute Gasteiger partial charge is 0.313 e. The highest BCUT2D eigenvalue weighted by molar-refractivity contribution is 7.79. The molecule has 22 heavy (non-hydrogen) atoms. The van der Waals surface area contributed by atoms with Gasteiger partial charge >= 0.3 is 0 Å². The van der Waals surface area contributed by atoms with Crippen LogP contribution in [0.5, 0.6) is 0 Å². The second kappa shape index (κ2) is 6.34. The van der Waals surface area contributed by atoms with E-state index in [2.05, 4.69) is 19.1 Å². The van der Waals surface area contributed by atoms with E-state index in [0.717, 1.165) is 16.2 Å². The van der Waals surface area contributed by atoms with Crippen LogP contribution in [0.2, 0.25) is 0 Å². The van der Waals surface area contributed by atoms with Gasteiger partial charge in [0.25, 0.3) is 0 Å². The molecule has 3 aromatic rings. The second-order valence-corrected chi connectivity index (χ2v) is 8.54. The van der Waals surface area contributed by atoms with E-state index in [9.17, 15) is 4.57 Å². The zero-order valence-corrected chi connectivity index (χ0v) is 13.5. The lowest BCUT2D eigenvalue weighted by atomic mass is 10.2. The Morgan fingerprint density at radius 3 is 1.41 bits per heavy atom. The van der Waals surface area contributed by atoms with E-state index in [-0.39, 0.29) is 5.66 Å². The van der Waals surface area contributed by atoms with Crippen LogP contribution in [0, 0.1) is 0 Å². The zero-order valence-electron chi connectivity index (χ0n) is 12.6. The van der Waals surface area contributed by atoms with Gasteiger partial charge in [-0.05, 0) is 5.56 Å². The number of benzene rings is 3. The summed E-state index contributed by atoms with van der Waals surface area (Å²) in [5, 5.41) is 1.83. The van der Waals surface area contributed by atoms with E-state index in [1.54, 1.807) is 0 Å². The third-order valence-corrected chi connectivity index (χ3v) is 7.63. The molecule has 0 bridgehead atoms. The molecule has 1 nitrogen and oxygen atoms in total. The number of hydrogen-bond donors (Lipinski definition) is 0. The summed E-state index contributed by atoms with van der Waals surface area (Å²) in [5.41, 5.74) is 1.05. The Morgan fingerprint density at radius 2 is 1.00 bits per heavy atom. The van der Waals surface area contributed by atoms with E-state index in [0.29, 0.717) is 0 Å². The summed E-state index contributed by atoms with van der Waals surface area (Å²) in [7, 11) is -2.74. The standard InChI is InChI=1S/C20H19OP/c1-17(18-11-5-2-6-12-18)22(21,19-13-7-3-8-14-19)20-15-9-4-10-16-20/h2-17H,1H3/t17-/m1/s1. The molecule has 0 heterocycles. The Balaban J connectivity index is 2.18. The van der Waals surface area contributed by atoms with E-state index < -0.39 is 7.14 Å². The Labute approximate surface area is 132 Å². The third-order valence-electron chi connectivity index (χ3n) is 4.11. The van der Waals surface area contributed by atoms with Gasteiger partial charge in [0.1, 0.15) is 7.14 Å². The molecule has 3 aromatic carbocycles. The maximum atomic E-state index is 14.1. The van der Waals surface area contributed by atoms with Crippen LogP contribution in [0.1, 0.15) is 18.1 Å². The Bertz CT molecular complexity index is 723. The maximum absolute atomic E-state index is 14.1. The van der Waals surface area contributed by atoms with Gasteiger partial charge < -0.3 is 4.57 Å². The van der Waals surface area contributed by atoms with Gasteiger partial charge in [0.2, 0.25) is 0 Å². The highest BCUT2D eigenvalue weighted by Crippen LogP contribution is 2.56. The second-order valence-electron chi connectivity index (χ2n) is 5.42. The highest BCUT2D eigenvalue weighted by Gasteiger charge is 2.34. The van der Waals surface area contributed by atoms with Crippen molar-refractivity contribution >= 4 is 17.8 Å². The van der Waals surface area contributed by atoms with Gasteiger partial charge in [-0.2, -0.15) is 0 Å². The van der Waals surface area contributed by atoms with Gasteiger partial charge in [0.05, 0.1) is 0 Å². The van der Waals surface area contributed by atoms with Crippen LogP contribution in [-0.4, -0.2) is 0 Å². The van der Waals surface area contributed by atoms with Crippen LogP contribution < -0.4 is 10.6 Å². The van der Waals surface area contributed by atoms with E-state index >= 15 is 0 Å². The molecule has 0 aromatic heterocycles. The van der Waals surface area contributed by atoms with Gasteiger partial charge in [-0.3, -0.25) is 0 Å². The minimum Gasteiger partial charge on any atom is -0.313 e. The van der Waals surface area contributed by atoms with Crippen molar-refractivity contribution in [3.05, 3.63) is 96.6 Å². The summed E-state index contributed by atoms with van der Waals surface area (Å²) in [5.74, 6) is 0. The molecule has 3 rings (SSSR count). The molecule has 2 heteroatoms. The number of rotatable bonds is 4. The Hall–Kier alpha value is -2.11. The van der Waals surface area contributed by atoms with Crippen LogP contribution in [0.15, 0.2) is 91.0 Å². The first-order chi connectivity index (χ1) is 10.7. The third kappa shape index (κ3) is 2.65. The lowest BCUT2D eigenvalue weighted by Crippen LogP contribution is -2.20. The fraction of sp³-hybridized carbons (Fsp3) is 0.100. The summed E-state index contributed by atoms with van der Waals surface area (Å²) in [6.07, 6.45) is 0. The van der Waals surface area contributed by atoms with E-state index in [1.165, 1.54) is 0 Å². The molecular weight excluding hydrogens is 287 g/mol. The average molecular weight is 306 g/mol. The normalized spacial score (nSPS) is 12.8. The van der Waals surface area contributed by atoms with Gasteiger partial charge in [0, 0.05) is 16.3 Å². The lowest BCUT2D eigenvalue weighted by molar-refractivity contribution is 0.581. The summed E-state index contributed by atoms with van der Waals surface area (Å²) in [6.45, 7) is 2.07. The summed E-state index contributed by atoms with van der Waals surface area (Å²) < 4.78 is 14.1. The first-order valence-corrected chi connectivity index (χ1v) is 9.26. The van der Waals surface area contributed by atoms with Crippen LogP contribution >= 0.6 is 7.14 Å². The van der Waals surface area contributed by atoms with Crippen molar-refractivity contribution in [3.63, 3.8) is 0 Å². The first kappa shape index (κ1) is 14.8. The van der Waals surface area contributed by atoms with Crippen molar-refractivity contribution in [2.24, 2.45) is 0 Å². The van der Waals surface area contributed by atoms with E-state index in [1.807, 2.05) is 78.9 Å². The molecular formula is C20H19OP.